The average Bonchev–Trinajstić information content (AvgIpc) is 2.43. The van der Waals surface area contributed by atoms with E-state index in [0.29, 0.717) is 0 Å². The Labute approximate surface area is 108 Å². The van der Waals surface area contributed by atoms with Crippen LogP contribution in [-0.2, 0) is 4.43 Å². The number of hydrogen-bond donors (Lipinski definition) is 0. The summed E-state index contributed by atoms with van der Waals surface area (Å²) in [6.07, 6.45) is 14.2. The lowest BCUT2D eigenvalue weighted by atomic mass is 9.99. The molecule has 2 rings (SSSR count). The number of rotatable bonds is 4. The summed E-state index contributed by atoms with van der Waals surface area (Å²) in [5.74, 6) is 0. The molecule has 17 heavy (non-hydrogen) atoms. The summed E-state index contributed by atoms with van der Waals surface area (Å²) in [5.41, 5.74) is 4.02. The van der Waals surface area contributed by atoms with Crippen molar-refractivity contribution in [1.82, 2.24) is 0 Å². The monoisotopic (exact) mass is 252 g/mol. The van der Waals surface area contributed by atoms with Gasteiger partial charge < -0.3 is 4.43 Å². The standard InChI is InChI=1S/C15H28OSi/c1-3-17(16-2,14-10-6-4-7-11-14)15-12-8-5-9-13-15/h3,14-15H,1,4-13H2,2H3. The second kappa shape index (κ2) is 6.19. The summed E-state index contributed by atoms with van der Waals surface area (Å²) in [6.45, 7) is 4.19. The molecule has 0 aromatic heterocycles. The van der Waals surface area contributed by atoms with Gasteiger partial charge in [0, 0.05) is 7.11 Å². The molecule has 0 spiro atoms. The van der Waals surface area contributed by atoms with E-state index in [1.54, 1.807) is 0 Å². The maximum atomic E-state index is 6.19. The summed E-state index contributed by atoms with van der Waals surface area (Å²) in [4.78, 5) is 0. The highest BCUT2D eigenvalue weighted by molar-refractivity contribution is 6.81. The Balaban J connectivity index is 2.13. The highest BCUT2D eigenvalue weighted by Crippen LogP contribution is 2.48. The van der Waals surface area contributed by atoms with E-state index in [0.717, 1.165) is 11.1 Å². The maximum absolute atomic E-state index is 6.19. The predicted molar refractivity (Wildman–Crippen MR) is 76.6 cm³/mol. The Morgan fingerprint density at radius 1 is 0.882 bits per heavy atom. The zero-order valence-corrected chi connectivity index (χ0v) is 12.4. The van der Waals surface area contributed by atoms with Gasteiger partial charge in [0.1, 0.15) is 0 Å². The van der Waals surface area contributed by atoms with Crippen LogP contribution < -0.4 is 0 Å². The van der Waals surface area contributed by atoms with Crippen LogP contribution >= 0.6 is 0 Å². The fourth-order valence-corrected chi connectivity index (χ4v) is 8.98. The summed E-state index contributed by atoms with van der Waals surface area (Å²) in [5, 5.41) is 0. The Hall–Kier alpha value is -0.0831. The highest BCUT2D eigenvalue weighted by atomic mass is 28.4. The topological polar surface area (TPSA) is 9.23 Å². The minimum Gasteiger partial charge on any atom is -0.416 e. The van der Waals surface area contributed by atoms with Crippen LogP contribution in [0.5, 0.6) is 0 Å². The van der Waals surface area contributed by atoms with Crippen LogP contribution in [0.4, 0.5) is 0 Å². The summed E-state index contributed by atoms with van der Waals surface area (Å²) < 4.78 is 6.19. The lowest BCUT2D eigenvalue weighted by molar-refractivity contribution is 0.329. The predicted octanol–water partition coefficient (Wildman–Crippen LogP) is 4.97. The Kier molecular flexibility index (Phi) is 4.86. The van der Waals surface area contributed by atoms with Gasteiger partial charge in [-0.3, -0.25) is 0 Å². The van der Waals surface area contributed by atoms with Gasteiger partial charge in [0.25, 0.3) is 0 Å². The Morgan fingerprint density at radius 2 is 1.29 bits per heavy atom. The molecule has 2 heteroatoms. The van der Waals surface area contributed by atoms with Gasteiger partial charge in [-0.1, -0.05) is 69.9 Å². The minimum absolute atomic E-state index is 0.863. The van der Waals surface area contributed by atoms with Crippen molar-refractivity contribution >= 4 is 8.32 Å². The van der Waals surface area contributed by atoms with E-state index in [4.69, 9.17) is 4.43 Å². The summed E-state index contributed by atoms with van der Waals surface area (Å²) in [7, 11) is 0.291. The highest BCUT2D eigenvalue weighted by Gasteiger charge is 2.46. The van der Waals surface area contributed by atoms with Crippen LogP contribution in [-0.4, -0.2) is 15.4 Å². The van der Waals surface area contributed by atoms with Gasteiger partial charge >= 0.3 is 0 Å². The lowest BCUT2D eigenvalue weighted by Crippen LogP contribution is -2.47. The third-order valence-corrected chi connectivity index (χ3v) is 10.2. The second-order valence-electron chi connectivity index (χ2n) is 5.93. The molecular formula is C15H28OSi. The molecule has 0 bridgehead atoms. The van der Waals surface area contributed by atoms with Crippen LogP contribution in [0.2, 0.25) is 11.1 Å². The molecule has 0 aliphatic heterocycles. The molecule has 0 aromatic carbocycles. The first-order chi connectivity index (χ1) is 8.33. The van der Waals surface area contributed by atoms with Crippen LogP contribution in [0.15, 0.2) is 12.3 Å². The normalized spacial score (nSPS) is 24.8. The van der Waals surface area contributed by atoms with E-state index < -0.39 is 8.32 Å². The molecule has 2 aliphatic rings. The summed E-state index contributed by atoms with van der Waals surface area (Å²) in [6, 6.07) is 0. The van der Waals surface area contributed by atoms with Crippen LogP contribution in [0.25, 0.3) is 0 Å². The zero-order valence-electron chi connectivity index (χ0n) is 11.4. The van der Waals surface area contributed by atoms with Crippen molar-refractivity contribution in [2.45, 2.75) is 75.3 Å². The van der Waals surface area contributed by atoms with Crippen molar-refractivity contribution in [1.29, 1.82) is 0 Å². The van der Waals surface area contributed by atoms with Gasteiger partial charge in [-0.05, 0) is 11.1 Å². The largest absolute Gasteiger partial charge is 0.416 e. The molecule has 0 N–H and O–H groups in total. The smallest absolute Gasteiger partial charge is 0.222 e. The first-order valence-corrected chi connectivity index (χ1v) is 9.66. The third kappa shape index (κ3) is 2.68. The van der Waals surface area contributed by atoms with Gasteiger partial charge in [0.05, 0.1) is 0 Å². The molecule has 0 amide bonds. The third-order valence-electron chi connectivity index (χ3n) is 5.16. The molecule has 1 nitrogen and oxygen atoms in total. The van der Waals surface area contributed by atoms with Crippen molar-refractivity contribution in [2.24, 2.45) is 0 Å². The molecule has 2 fully saturated rings. The van der Waals surface area contributed by atoms with Gasteiger partial charge in [0.15, 0.2) is 0 Å². The fraction of sp³-hybridized carbons (Fsp3) is 0.867. The molecule has 0 atom stereocenters. The van der Waals surface area contributed by atoms with Gasteiger partial charge in [0.2, 0.25) is 8.32 Å². The average molecular weight is 252 g/mol. The maximum Gasteiger partial charge on any atom is 0.222 e. The van der Waals surface area contributed by atoms with E-state index in [-0.39, 0.29) is 0 Å². The Morgan fingerprint density at radius 3 is 1.59 bits per heavy atom. The first kappa shape index (κ1) is 13.4. The first-order valence-electron chi connectivity index (χ1n) is 7.52. The van der Waals surface area contributed by atoms with Crippen LogP contribution in [0.1, 0.15) is 64.2 Å². The van der Waals surface area contributed by atoms with Crippen molar-refractivity contribution in [3.63, 3.8) is 0 Å². The SMILES string of the molecule is C=C[Si](OC)(C1CCCCC1)C1CCCCC1. The van der Waals surface area contributed by atoms with E-state index in [1.165, 1.54) is 64.2 Å². The second-order valence-corrected chi connectivity index (χ2v) is 10.1. The molecule has 98 valence electrons. The quantitative estimate of drug-likeness (QED) is 0.642. The van der Waals surface area contributed by atoms with Gasteiger partial charge in [-0.25, -0.2) is 0 Å². The fourth-order valence-electron chi connectivity index (χ4n) is 4.19. The molecule has 0 radical (unpaired) electrons. The Bertz CT molecular complexity index is 221. The molecular weight excluding hydrogens is 224 g/mol. The van der Waals surface area contributed by atoms with Crippen LogP contribution in [0.3, 0.4) is 0 Å². The van der Waals surface area contributed by atoms with Crippen molar-refractivity contribution in [2.75, 3.05) is 7.11 Å². The number of hydrogen-bond acceptors (Lipinski definition) is 1. The molecule has 2 saturated carbocycles. The van der Waals surface area contributed by atoms with Crippen molar-refractivity contribution in [3.05, 3.63) is 12.3 Å². The van der Waals surface area contributed by atoms with E-state index >= 15 is 0 Å². The zero-order chi connectivity index (χ0) is 12.1. The van der Waals surface area contributed by atoms with Crippen molar-refractivity contribution < 1.29 is 4.43 Å². The van der Waals surface area contributed by atoms with E-state index in [1.807, 2.05) is 7.11 Å². The van der Waals surface area contributed by atoms with Crippen LogP contribution in [0, 0.1) is 0 Å². The molecule has 0 saturated heterocycles. The molecule has 0 unspecified atom stereocenters. The van der Waals surface area contributed by atoms with Gasteiger partial charge in [-0.15, -0.1) is 6.58 Å². The van der Waals surface area contributed by atoms with Gasteiger partial charge in [-0.2, -0.15) is 0 Å². The van der Waals surface area contributed by atoms with Crippen molar-refractivity contribution in [3.8, 4) is 0 Å². The molecule has 2 aliphatic carbocycles. The summed E-state index contributed by atoms with van der Waals surface area (Å²) >= 11 is 0. The van der Waals surface area contributed by atoms with E-state index in [9.17, 15) is 0 Å². The molecule has 0 heterocycles. The minimum atomic E-state index is -1.68. The lowest BCUT2D eigenvalue weighted by Gasteiger charge is -2.44. The molecule has 0 aromatic rings. The van der Waals surface area contributed by atoms with E-state index in [2.05, 4.69) is 12.3 Å².